The Labute approximate surface area is 321 Å². The number of nitrogens with zero attached hydrogens (tertiary/aromatic N) is 2. The van der Waals surface area contributed by atoms with Crippen LogP contribution >= 0.6 is 29.4 Å². The molecule has 52 heavy (non-hydrogen) atoms. The van der Waals surface area contributed by atoms with Gasteiger partial charge in [0.1, 0.15) is 11.6 Å². The molecule has 0 aliphatic carbocycles. The summed E-state index contributed by atoms with van der Waals surface area (Å²) in [6.07, 6.45) is 9.70. The molecule has 3 N–H and O–H groups in total. The zero-order valence-electron chi connectivity index (χ0n) is 32.4. The number of ketones is 2. The number of carbonyl (C=O) groups excluding carboxylic acids is 4. The van der Waals surface area contributed by atoms with E-state index in [-0.39, 0.29) is 68.1 Å². The Bertz CT molecular complexity index is 1130. The van der Waals surface area contributed by atoms with Crippen LogP contribution in [0.4, 0.5) is 0 Å². The Kier molecular flexibility index (Phi) is 23.6. The van der Waals surface area contributed by atoms with E-state index in [1.165, 1.54) is 4.90 Å². The topological polar surface area (TPSA) is 163 Å². The number of Topliss-reactive ketones (excluding diaryl/α,β-unsaturated/α-hetero) is 2. The van der Waals surface area contributed by atoms with Gasteiger partial charge in [0.2, 0.25) is 11.8 Å². The third-order valence-electron chi connectivity index (χ3n) is 9.62. The van der Waals surface area contributed by atoms with E-state index in [9.17, 15) is 33.7 Å². The Hall–Kier alpha value is -0.990. The summed E-state index contributed by atoms with van der Waals surface area (Å²) in [5.41, 5.74) is 0. The van der Waals surface area contributed by atoms with Gasteiger partial charge in [0.15, 0.2) is 0 Å². The summed E-state index contributed by atoms with van der Waals surface area (Å²) in [5, 5.41) is 13.3. The van der Waals surface area contributed by atoms with Gasteiger partial charge in [0.25, 0.3) is 0 Å². The molecule has 15 heteroatoms. The highest BCUT2D eigenvalue weighted by Crippen LogP contribution is 2.47. The smallest absolute Gasteiger partial charge is 0.394 e. The molecule has 2 fully saturated rings. The van der Waals surface area contributed by atoms with Crippen molar-refractivity contribution in [1.29, 1.82) is 0 Å². The number of phosphoric acid groups is 1. The predicted octanol–water partition coefficient (Wildman–Crippen LogP) is 6.56. The van der Waals surface area contributed by atoms with Gasteiger partial charge < -0.3 is 25.1 Å². The quantitative estimate of drug-likeness (QED) is 0.0425. The number of hydrogen-bond acceptors (Lipinski definition) is 11. The number of nitrogens with one attached hydrogen (secondary N) is 1. The summed E-state index contributed by atoms with van der Waals surface area (Å²) in [6.45, 7) is 11.4. The third kappa shape index (κ3) is 19.6. The average molecular weight is 794 g/mol. The van der Waals surface area contributed by atoms with Crippen molar-refractivity contribution in [2.75, 3.05) is 44.4 Å². The first-order valence-corrected chi connectivity index (χ1v) is 23.6. The number of rotatable bonds is 29. The second-order valence-corrected chi connectivity index (χ2v) is 19.2. The number of aliphatic hydroxyl groups excluding tert-OH is 1. The minimum atomic E-state index is -4.49. The maximum Gasteiger partial charge on any atom is 0.472 e. The fraction of sp³-hybridized carbons (Fsp3) is 0.892. The Balaban J connectivity index is 1.65. The Morgan fingerprint density at radius 3 is 2.02 bits per heavy atom. The van der Waals surface area contributed by atoms with Gasteiger partial charge in [-0.1, -0.05) is 75.5 Å². The fourth-order valence-corrected chi connectivity index (χ4v) is 9.70. The summed E-state index contributed by atoms with van der Waals surface area (Å²) in [5.74, 6) is 2.21. The lowest BCUT2D eigenvalue weighted by Crippen LogP contribution is -2.38. The summed E-state index contributed by atoms with van der Waals surface area (Å²) < 4.78 is 23.9. The molecule has 2 aliphatic rings. The van der Waals surface area contributed by atoms with E-state index in [1.54, 1.807) is 26.5 Å². The van der Waals surface area contributed by atoms with Gasteiger partial charge in [0, 0.05) is 68.7 Å². The van der Waals surface area contributed by atoms with Crippen LogP contribution in [-0.4, -0.2) is 112 Å². The van der Waals surface area contributed by atoms with E-state index >= 15 is 0 Å². The molecule has 0 spiro atoms. The van der Waals surface area contributed by atoms with Crippen LogP contribution in [0.5, 0.6) is 0 Å². The monoisotopic (exact) mass is 793 g/mol. The number of phosphoric ester groups is 1. The average Bonchev–Trinajstić information content (AvgIpc) is 3.68. The summed E-state index contributed by atoms with van der Waals surface area (Å²) in [7, 11) is -1.23. The van der Waals surface area contributed by atoms with Gasteiger partial charge in [0.05, 0.1) is 31.4 Å². The SMILES string of the molecule is CC(C)NCCCCCC(=O)CCCCCCC(=O)N1C[C@H](C)C[C@H]1COP(=O)(O)O[C@@H]1C[C@H](CO)N(C(=O)CCCSSCCC(=O)C(C)C)C1. The molecule has 0 aromatic heterocycles. The van der Waals surface area contributed by atoms with Gasteiger partial charge in [-0.15, -0.1) is 0 Å². The van der Waals surface area contributed by atoms with E-state index < -0.39 is 20.0 Å². The van der Waals surface area contributed by atoms with Crippen LogP contribution in [-0.2, 0) is 32.8 Å². The predicted molar refractivity (Wildman–Crippen MR) is 210 cm³/mol. The van der Waals surface area contributed by atoms with Crippen molar-refractivity contribution in [1.82, 2.24) is 15.1 Å². The molecule has 2 aliphatic heterocycles. The van der Waals surface area contributed by atoms with Gasteiger partial charge >= 0.3 is 7.82 Å². The van der Waals surface area contributed by atoms with Crippen molar-refractivity contribution in [2.24, 2.45) is 11.8 Å². The van der Waals surface area contributed by atoms with E-state index in [4.69, 9.17) is 9.05 Å². The summed E-state index contributed by atoms with van der Waals surface area (Å²) in [4.78, 5) is 63.8. The number of carbonyl (C=O) groups is 4. The first kappa shape index (κ1) is 47.2. The molecule has 1 unspecified atom stereocenters. The number of hydrogen-bond donors (Lipinski definition) is 3. The lowest BCUT2D eigenvalue weighted by atomic mass is 10.0. The van der Waals surface area contributed by atoms with Crippen molar-refractivity contribution in [2.45, 2.75) is 155 Å². The number of amides is 2. The first-order valence-electron chi connectivity index (χ1n) is 19.6. The lowest BCUT2D eigenvalue weighted by molar-refractivity contribution is -0.133. The molecule has 0 aromatic rings. The normalized spacial score (nSPS) is 21.7. The largest absolute Gasteiger partial charge is 0.472 e. The first-order chi connectivity index (χ1) is 24.7. The molecule has 0 bridgehead atoms. The van der Waals surface area contributed by atoms with Crippen LogP contribution in [0.15, 0.2) is 0 Å². The molecule has 302 valence electrons. The highest BCUT2D eigenvalue weighted by atomic mass is 33.1. The van der Waals surface area contributed by atoms with E-state index in [1.807, 2.05) is 20.8 Å². The number of unbranched alkanes of at least 4 members (excludes halogenated alkanes) is 5. The van der Waals surface area contributed by atoms with Crippen LogP contribution in [0.1, 0.15) is 131 Å². The molecule has 2 heterocycles. The van der Waals surface area contributed by atoms with Crippen molar-refractivity contribution in [3.63, 3.8) is 0 Å². The second-order valence-electron chi connectivity index (χ2n) is 15.1. The zero-order valence-corrected chi connectivity index (χ0v) is 35.0. The molecule has 0 saturated carbocycles. The van der Waals surface area contributed by atoms with Crippen molar-refractivity contribution in [3.05, 3.63) is 0 Å². The summed E-state index contributed by atoms with van der Waals surface area (Å²) in [6, 6.07) is -0.339. The van der Waals surface area contributed by atoms with E-state index in [0.717, 1.165) is 63.0 Å². The van der Waals surface area contributed by atoms with Crippen LogP contribution in [0, 0.1) is 11.8 Å². The van der Waals surface area contributed by atoms with Crippen LogP contribution in [0.3, 0.4) is 0 Å². The molecular weight excluding hydrogens is 726 g/mol. The van der Waals surface area contributed by atoms with Crippen molar-refractivity contribution < 1.29 is 42.8 Å². The molecule has 2 rings (SSSR count). The van der Waals surface area contributed by atoms with Crippen LogP contribution in [0.25, 0.3) is 0 Å². The summed E-state index contributed by atoms with van der Waals surface area (Å²) >= 11 is 0. The van der Waals surface area contributed by atoms with Crippen molar-refractivity contribution >= 4 is 52.8 Å². The molecule has 5 atom stereocenters. The molecule has 0 aromatic carbocycles. The van der Waals surface area contributed by atoms with Gasteiger partial charge in [-0.05, 0) is 57.4 Å². The molecule has 2 amide bonds. The molecular formula is C37H68N3O9PS2. The zero-order chi connectivity index (χ0) is 38.5. The Morgan fingerprint density at radius 2 is 1.38 bits per heavy atom. The van der Waals surface area contributed by atoms with Crippen LogP contribution < -0.4 is 5.32 Å². The minimum Gasteiger partial charge on any atom is -0.394 e. The standard InChI is InChI=1S/C37H68N3O9PS2/c1-28(2)35(43)18-21-52-51-20-13-17-37(45)40-25-34(23-31(40)26-41)49-50(46,47)48-27-32-22-30(5)24-39(32)36(44)16-11-7-6-9-14-33(42)15-10-8-12-19-38-29(3)4/h28-32,34,38,41H,6-27H2,1-5H3,(H,46,47)/t30-,31-,32+,34-/m1/s1. The molecule has 0 radical (unpaired) electrons. The van der Waals surface area contributed by atoms with Gasteiger partial charge in [-0.2, -0.15) is 0 Å². The minimum absolute atomic E-state index is 0.00336. The van der Waals surface area contributed by atoms with E-state index in [0.29, 0.717) is 56.9 Å². The molecule has 12 nitrogen and oxygen atoms in total. The second kappa shape index (κ2) is 26.0. The van der Waals surface area contributed by atoms with Gasteiger partial charge in [-0.25, -0.2) is 4.57 Å². The maximum atomic E-state index is 13.1. The fourth-order valence-electron chi connectivity index (χ4n) is 6.65. The highest BCUT2D eigenvalue weighted by Gasteiger charge is 2.40. The van der Waals surface area contributed by atoms with Crippen LogP contribution in [0.2, 0.25) is 0 Å². The maximum absolute atomic E-state index is 13.1. The Morgan fingerprint density at radius 1 is 0.788 bits per heavy atom. The van der Waals surface area contributed by atoms with Gasteiger partial charge in [-0.3, -0.25) is 28.2 Å². The number of likely N-dealkylation sites (tertiary alicyclic amines) is 2. The highest BCUT2D eigenvalue weighted by molar-refractivity contribution is 8.76. The van der Waals surface area contributed by atoms with E-state index in [2.05, 4.69) is 19.2 Å². The number of aliphatic hydroxyl groups is 1. The third-order valence-corrected chi connectivity index (χ3v) is 13.2. The molecule has 2 saturated heterocycles. The van der Waals surface area contributed by atoms with Crippen molar-refractivity contribution in [3.8, 4) is 0 Å². The lowest BCUT2D eigenvalue weighted by Gasteiger charge is -2.26.